The molecule has 2 aromatic rings. The minimum Gasteiger partial charge on any atom is -0.349 e. The number of rotatable bonds is 5. The Morgan fingerprint density at radius 2 is 1.55 bits per heavy atom. The molecule has 33 heavy (non-hydrogen) atoms. The molecule has 1 aliphatic heterocycles. The van der Waals surface area contributed by atoms with E-state index in [2.05, 4.69) is 26.6 Å². The molecule has 1 heterocycles. The van der Waals surface area contributed by atoms with Crippen LogP contribution in [0.2, 0.25) is 0 Å². The van der Waals surface area contributed by atoms with Crippen LogP contribution >= 0.6 is 0 Å². The second-order valence-corrected chi connectivity index (χ2v) is 8.56. The molecule has 5 N–H and O–H groups in total. The average Bonchev–Trinajstić information content (AvgIpc) is 3.07. The van der Waals surface area contributed by atoms with Gasteiger partial charge >= 0.3 is 12.1 Å². The summed E-state index contributed by atoms with van der Waals surface area (Å²) >= 11 is 0. The van der Waals surface area contributed by atoms with Crippen LogP contribution in [0.5, 0.6) is 0 Å². The lowest BCUT2D eigenvalue weighted by Crippen LogP contribution is -2.51. The predicted molar refractivity (Wildman–Crippen MR) is 123 cm³/mol. The lowest BCUT2D eigenvalue weighted by Gasteiger charge is -2.34. The fraction of sp³-hybridized carbons (Fsp3) is 0.333. The van der Waals surface area contributed by atoms with Crippen molar-refractivity contribution < 1.29 is 19.2 Å². The molecule has 1 saturated heterocycles. The maximum atomic E-state index is 12.8. The SMILES string of the molecule is CC(NC(=O)C1CCC2(CC1)NC(=O)NC2=O)c1ccc(NC(=O)Nc2ccccc2)cc1. The molecule has 0 radical (unpaired) electrons. The minimum atomic E-state index is -0.866. The van der Waals surface area contributed by atoms with E-state index in [1.165, 1.54) is 0 Å². The van der Waals surface area contributed by atoms with Gasteiger partial charge in [-0.1, -0.05) is 30.3 Å². The van der Waals surface area contributed by atoms with Crippen LogP contribution < -0.4 is 26.6 Å². The lowest BCUT2D eigenvalue weighted by molar-refractivity contribution is -0.130. The first kappa shape index (κ1) is 22.3. The van der Waals surface area contributed by atoms with E-state index < -0.39 is 11.6 Å². The van der Waals surface area contributed by atoms with Crippen LogP contribution in [0.1, 0.15) is 44.2 Å². The molecular formula is C24H27N5O4. The molecule has 9 heteroatoms. The average molecular weight is 450 g/mol. The summed E-state index contributed by atoms with van der Waals surface area (Å²) < 4.78 is 0. The summed E-state index contributed by atoms with van der Waals surface area (Å²) in [6, 6.07) is 15.4. The van der Waals surface area contributed by atoms with Gasteiger partial charge in [-0.05, 0) is 62.4 Å². The van der Waals surface area contributed by atoms with Crippen molar-refractivity contribution in [2.24, 2.45) is 5.92 Å². The smallest absolute Gasteiger partial charge is 0.323 e. The number of amides is 6. The molecule has 0 bridgehead atoms. The van der Waals surface area contributed by atoms with E-state index in [0.717, 1.165) is 5.56 Å². The van der Waals surface area contributed by atoms with Gasteiger partial charge in [0.25, 0.3) is 5.91 Å². The van der Waals surface area contributed by atoms with E-state index in [9.17, 15) is 19.2 Å². The zero-order chi connectivity index (χ0) is 23.4. The summed E-state index contributed by atoms with van der Waals surface area (Å²) in [4.78, 5) is 48.4. The number of urea groups is 2. The summed E-state index contributed by atoms with van der Waals surface area (Å²) in [5, 5.41) is 13.6. The lowest BCUT2D eigenvalue weighted by atomic mass is 9.76. The number of benzene rings is 2. The zero-order valence-electron chi connectivity index (χ0n) is 18.3. The van der Waals surface area contributed by atoms with Crippen LogP contribution in [0.25, 0.3) is 0 Å². The van der Waals surface area contributed by atoms with Gasteiger partial charge in [-0.2, -0.15) is 0 Å². The van der Waals surface area contributed by atoms with Gasteiger partial charge in [0.05, 0.1) is 6.04 Å². The molecular weight excluding hydrogens is 422 g/mol. The van der Waals surface area contributed by atoms with Crippen molar-refractivity contribution in [1.82, 2.24) is 16.0 Å². The molecule has 172 valence electrons. The predicted octanol–water partition coefficient (Wildman–Crippen LogP) is 3.28. The Hall–Kier alpha value is -3.88. The topological polar surface area (TPSA) is 128 Å². The van der Waals surface area contributed by atoms with Crippen molar-refractivity contribution in [3.63, 3.8) is 0 Å². The summed E-state index contributed by atoms with van der Waals surface area (Å²) in [6.07, 6.45) is 1.96. The van der Waals surface area contributed by atoms with Crippen molar-refractivity contribution >= 4 is 35.3 Å². The number of nitrogens with one attached hydrogen (secondary N) is 5. The number of anilines is 2. The standard InChI is InChI=1S/C24H27N5O4/c1-15(25-20(30)17-11-13-24(14-12-17)21(31)28-23(33)29-24)16-7-9-19(10-8-16)27-22(32)26-18-5-3-2-4-6-18/h2-10,15,17H,11-14H2,1H3,(H,25,30)(H2,26,27,32)(H2,28,29,31,33). The van der Waals surface area contributed by atoms with Crippen molar-refractivity contribution in [2.45, 2.75) is 44.2 Å². The summed E-state index contributed by atoms with van der Waals surface area (Å²) in [6.45, 7) is 1.90. The first-order valence-corrected chi connectivity index (χ1v) is 11.0. The highest BCUT2D eigenvalue weighted by molar-refractivity contribution is 6.07. The van der Waals surface area contributed by atoms with Gasteiger partial charge in [0.1, 0.15) is 5.54 Å². The summed E-state index contributed by atoms with van der Waals surface area (Å²) in [5.74, 6) is -0.566. The van der Waals surface area contributed by atoms with Crippen LogP contribution in [0.4, 0.5) is 21.0 Å². The molecule has 2 fully saturated rings. The number of para-hydroxylation sites is 1. The Bertz CT molecular complexity index is 1050. The molecule has 1 aliphatic carbocycles. The third-order valence-corrected chi connectivity index (χ3v) is 6.28. The van der Waals surface area contributed by atoms with E-state index in [1.807, 2.05) is 37.3 Å². The highest BCUT2D eigenvalue weighted by Crippen LogP contribution is 2.34. The van der Waals surface area contributed by atoms with Gasteiger partial charge in [-0.15, -0.1) is 0 Å². The molecule has 2 aliphatic rings. The molecule has 0 aromatic heterocycles. The number of carbonyl (C=O) groups excluding carboxylic acids is 4. The van der Waals surface area contributed by atoms with Gasteiger partial charge in [-0.3, -0.25) is 14.9 Å². The number of carbonyl (C=O) groups is 4. The highest BCUT2D eigenvalue weighted by Gasteiger charge is 2.48. The Kier molecular flexibility index (Phi) is 6.30. The van der Waals surface area contributed by atoms with E-state index >= 15 is 0 Å². The van der Waals surface area contributed by atoms with Gasteiger partial charge in [0.15, 0.2) is 0 Å². The maximum Gasteiger partial charge on any atom is 0.323 e. The number of hydrogen-bond donors (Lipinski definition) is 5. The van der Waals surface area contributed by atoms with E-state index in [1.54, 1.807) is 24.3 Å². The van der Waals surface area contributed by atoms with Gasteiger partial charge in [-0.25, -0.2) is 9.59 Å². The van der Waals surface area contributed by atoms with Gasteiger partial charge in [0.2, 0.25) is 5.91 Å². The fourth-order valence-corrected chi connectivity index (χ4v) is 4.34. The molecule has 1 spiro atoms. The number of imide groups is 1. The minimum absolute atomic E-state index is 0.0634. The third kappa shape index (κ3) is 5.14. The zero-order valence-corrected chi connectivity index (χ0v) is 18.3. The van der Waals surface area contributed by atoms with Crippen LogP contribution in [-0.4, -0.2) is 29.4 Å². The van der Waals surface area contributed by atoms with Crippen molar-refractivity contribution in [1.29, 1.82) is 0 Å². The summed E-state index contributed by atoms with van der Waals surface area (Å²) in [7, 11) is 0. The Balaban J connectivity index is 1.27. The van der Waals surface area contributed by atoms with Crippen molar-refractivity contribution in [2.75, 3.05) is 10.6 Å². The molecule has 2 aromatic carbocycles. The molecule has 1 atom stereocenters. The van der Waals surface area contributed by atoms with Crippen LogP contribution in [0, 0.1) is 5.92 Å². The second kappa shape index (κ2) is 9.32. The molecule has 4 rings (SSSR count). The third-order valence-electron chi connectivity index (χ3n) is 6.28. The van der Waals surface area contributed by atoms with Crippen molar-refractivity contribution in [3.05, 3.63) is 60.2 Å². The first-order valence-electron chi connectivity index (χ1n) is 11.0. The molecule has 1 unspecified atom stereocenters. The normalized spacial score (nSPS) is 22.8. The first-order chi connectivity index (χ1) is 15.8. The van der Waals surface area contributed by atoms with Crippen LogP contribution in [0.3, 0.4) is 0 Å². The quantitative estimate of drug-likeness (QED) is 0.449. The van der Waals surface area contributed by atoms with Gasteiger partial charge < -0.3 is 21.3 Å². The molecule has 1 saturated carbocycles. The summed E-state index contributed by atoms with van der Waals surface area (Å²) in [5.41, 5.74) is 1.38. The van der Waals surface area contributed by atoms with E-state index in [4.69, 9.17) is 0 Å². The largest absolute Gasteiger partial charge is 0.349 e. The van der Waals surface area contributed by atoms with Gasteiger partial charge in [0, 0.05) is 17.3 Å². The Morgan fingerprint density at radius 1 is 0.939 bits per heavy atom. The number of hydrogen-bond acceptors (Lipinski definition) is 4. The second-order valence-electron chi connectivity index (χ2n) is 8.56. The van der Waals surface area contributed by atoms with Crippen molar-refractivity contribution in [3.8, 4) is 0 Å². The maximum absolute atomic E-state index is 12.8. The van der Waals surface area contributed by atoms with E-state index in [0.29, 0.717) is 37.1 Å². The Morgan fingerprint density at radius 3 is 2.12 bits per heavy atom. The molecule has 9 nitrogen and oxygen atoms in total. The monoisotopic (exact) mass is 449 g/mol. The highest BCUT2D eigenvalue weighted by atomic mass is 16.2. The van der Waals surface area contributed by atoms with E-state index in [-0.39, 0.29) is 29.8 Å². The fourth-order valence-electron chi connectivity index (χ4n) is 4.34. The van der Waals surface area contributed by atoms with Crippen LogP contribution in [-0.2, 0) is 9.59 Å². The Labute approximate surface area is 191 Å². The molecule has 6 amide bonds. The van der Waals surface area contributed by atoms with Crippen LogP contribution in [0.15, 0.2) is 54.6 Å².